The number of amides is 1. The van der Waals surface area contributed by atoms with Crippen LogP contribution in [0.4, 0.5) is 4.39 Å². The van der Waals surface area contributed by atoms with Crippen LogP contribution in [0, 0.1) is 5.82 Å². The summed E-state index contributed by atoms with van der Waals surface area (Å²) in [6.07, 6.45) is 1.19. The Morgan fingerprint density at radius 1 is 1.16 bits per heavy atom. The van der Waals surface area contributed by atoms with Gasteiger partial charge in [-0.2, -0.15) is 0 Å². The summed E-state index contributed by atoms with van der Waals surface area (Å²) in [6.45, 7) is 3.21. The van der Waals surface area contributed by atoms with Crippen LogP contribution in [0.2, 0.25) is 0 Å². The highest BCUT2D eigenvalue weighted by Gasteiger charge is 2.06. The van der Waals surface area contributed by atoms with Gasteiger partial charge < -0.3 is 10.1 Å². The van der Waals surface area contributed by atoms with Crippen LogP contribution in [0.25, 0.3) is 0 Å². The summed E-state index contributed by atoms with van der Waals surface area (Å²) in [5.74, 6) is 0.312. The van der Waals surface area contributed by atoms with Gasteiger partial charge in [-0.1, -0.05) is 42.5 Å². The third kappa shape index (κ3) is 7.28. The molecule has 0 saturated carbocycles. The predicted octanol–water partition coefficient (Wildman–Crippen LogP) is 4.59. The molecule has 2 aromatic rings. The first kappa shape index (κ1) is 19.5. The number of halogens is 1. The summed E-state index contributed by atoms with van der Waals surface area (Å²) in [4.78, 5) is 12.4. The van der Waals surface area contributed by atoms with Crippen molar-refractivity contribution in [1.29, 1.82) is 0 Å². The lowest BCUT2D eigenvalue weighted by atomic mass is 10.1. The minimum Gasteiger partial charge on any atom is -0.374 e. The highest BCUT2D eigenvalue weighted by atomic mass is 32.2. The Labute approximate surface area is 153 Å². The fourth-order valence-corrected chi connectivity index (χ4v) is 3.17. The maximum absolute atomic E-state index is 13.5. The van der Waals surface area contributed by atoms with E-state index in [0.29, 0.717) is 30.2 Å². The molecule has 0 aliphatic heterocycles. The summed E-state index contributed by atoms with van der Waals surface area (Å²) < 4.78 is 19.2. The maximum Gasteiger partial charge on any atom is 0.220 e. The van der Waals surface area contributed by atoms with Gasteiger partial charge in [0.25, 0.3) is 0 Å². The lowest BCUT2D eigenvalue weighted by Gasteiger charge is -2.13. The van der Waals surface area contributed by atoms with Crippen molar-refractivity contribution in [2.75, 3.05) is 18.9 Å². The third-order valence-electron chi connectivity index (χ3n) is 3.70. The van der Waals surface area contributed by atoms with Crippen molar-refractivity contribution in [3.8, 4) is 0 Å². The van der Waals surface area contributed by atoms with E-state index >= 15 is 0 Å². The van der Waals surface area contributed by atoms with E-state index in [1.54, 1.807) is 18.2 Å². The highest BCUT2D eigenvalue weighted by Crippen LogP contribution is 2.21. The normalized spacial score (nSPS) is 11.9. The van der Waals surface area contributed by atoms with Crippen LogP contribution >= 0.6 is 11.8 Å². The highest BCUT2D eigenvalue weighted by molar-refractivity contribution is 7.99. The van der Waals surface area contributed by atoms with Crippen molar-refractivity contribution in [1.82, 2.24) is 5.32 Å². The second-order valence-electron chi connectivity index (χ2n) is 5.66. The number of carbonyl (C=O) groups is 1. The van der Waals surface area contributed by atoms with E-state index in [4.69, 9.17) is 4.74 Å². The van der Waals surface area contributed by atoms with Gasteiger partial charge in [-0.05, 0) is 31.0 Å². The molecule has 5 heteroatoms. The van der Waals surface area contributed by atoms with E-state index in [0.717, 1.165) is 12.0 Å². The molecule has 0 aliphatic rings. The van der Waals surface area contributed by atoms with Crippen molar-refractivity contribution in [3.63, 3.8) is 0 Å². The number of carbonyl (C=O) groups excluding carboxylic acids is 1. The van der Waals surface area contributed by atoms with Crippen LogP contribution < -0.4 is 5.32 Å². The van der Waals surface area contributed by atoms with Crippen molar-refractivity contribution in [2.24, 2.45) is 0 Å². The SMILES string of the molecule is CC(OCCCNC(=O)CCSc1ccccc1F)c1ccccc1. The maximum atomic E-state index is 13.5. The molecule has 0 heterocycles. The Hall–Kier alpha value is -1.85. The van der Waals surface area contributed by atoms with Gasteiger partial charge >= 0.3 is 0 Å². The summed E-state index contributed by atoms with van der Waals surface area (Å²) in [6, 6.07) is 16.7. The minimum atomic E-state index is -0.238. The molecular formula is C20H24FNO2S. The first-order valence-electron chi connectivity index (χ1n) is 8.47. The van der Waals surface area contributed by atoms with E-state index in [-0.39, 0.29) is 17.8 Å². The topological polar surface area (TPSA) is 38.3 Å². The predicted molar refractivity (Wildman–Crippen MR) is 100 cm³/mol. The number of thioether (sulfide) groups is 1. The second kappa shape index (κ2) is 10.9. The Kier molecular flexibility index (Phi) is 8.49. The number of nitrogens with one attached hydrogen (secondary N) is 1. The zero-order chi connectivity index (χ0) is 17.9. The van der Waals surface area contributed by atoms with Crippen LogP contribution in [-0.2, 0) is 9.53 Å². The monoisotopic (exact) mass is 361 g/mol. The van der Waals surface area contributed by atoms with Gasteiger partial charge in [0.2, 0.25) is 5.91 Å². The van der Waals surface area contributed by atoms with Gasteiger partial charge in [-0.15, -0.1) is 11.8 Å². The van der Waals surface area contributed by atoms with Gasteiger partial charge in [-0.25, -0.2) is 4.39 Å². The zero-order valence-corrected chi connectivity index (χ0v) is 15.2. The van der Waals surface area contributed by atoms with Crippen LogP contribution in [0.3, 0.4) is 0 Å². The molecule has 134 valence electrons. The molecule has 1 N–H and O–H groups in total. The molecule has 0 aromatic heterocycles. The van der Waals surface area contributed by atoms with Gasteiger partial charge in [0, 0.05) is 30.2 Å². The molecule has 0 spiro atoms. The van der Waals surface area contributed by atoms with Gasteiger partial charge in [-0.3, -0.25) is 4.79 Å². The van der Waals surface area contributed by atoms with Gasteiger partial charge in [0.15, 0.2) is 0 Å². The Morgan fingerprint density at radius 2 is 1.88 bits per heavy atom. The smallest absolute Gasteiger partial charge is 0.220 e. The average Bonchev–Trinajstić information content (AvgIpc) is 2.63. The molecule has 1 amide bonds. The number of benzene rings is 2. The molecule has 2 aromatic carbocycles. The van der Waals surface area contributed by atoms with E-state index in [2.05, 4.69) is 5.32 Å². The van der Waals surface area contributed by atoms with Crippen LogP contribution in [-0.4, -0.2) is 24.8 Å². The number of rotatable bonds is 10. The first-order valence-corrected chi connectivity index (χ1v) is 9.46. The van der Waals surface area contributed by atoms with Crippen molar-refractivity contribution >= 4 is 17.7 Å². The average molecular weight is 361 g/mol. The van der Waals surface area contributed by atoms with Crippen LogP contribution in [0.1, 0.15) is 31.4 Å². The number of hydrogen-bond acceptors (Lipinski definition) is 3. The molecule has 25 heavy (non-hydrogen) atoms. The summed E-state index contributed by atoms with van der Waals surface area (Å²) in [7, 11) is 0. The zero-order valence-electron chi connectivity index (χ0n) is 14.4. The number of ether oxygens (including phenoxy) is 1. The van der Waals surface area contributed by atoms with Crippen LogP contribution in [0.5, 0.6) is 0 Å². The molecule has 0 bridgehead atoms. The second-order valence-corrected chi connectivity index (χ2v) is 6.79. The Morgan fingerprint density at radius 3 is 2.64 bits per heavy atom. The minimum absolute atomic E-state index is 0.0139. The molecule has 0 fully saturated rings. The summed E-state index contributed by atoms with van der Waals surface area (Å²) in [5, 5.41) is 2.87. The third-order valence-corrected chi connectivity index (χ3v) is 4.75. The van der Waals surface area contributed by atoms with E-state index in [9.17, 15) is 9.18 Å². The quantitative estimate of drug-likeness (QED) is 0.497. The Bertz CT molecular complexity index is 651. The molecular weight excluding hydrogens is 337 g/mol. The largest absolute Gasteiger partial charge is 0.374 e. The van der Waals surface area contributed by atoms with E-state index in [1.807, 2.05) is 37.3 Å². The summed E-state index contributed by atoms with van der Waals surface area (Å²) in [5.41, 5.74) is 1.15. The molecule has 0 aliphatic carbocycles. The van der Waals surface area contributed by atoms with Crippen molar-refractivity contribution in [3.05, 3.63) is 66.0 Å². The van der Waals surface area contributed by atoms with E-state index < -0.39 is 0 Å². The van der Waals surface area contributed by atoms with E-state index in [1.165, 1.54) is 17.8 Å². The van der Waals surface area contributed by atoms with Crippen LogP contribution in [0.15, 0.2) is 59.5 Å². The molecule has 3 nitrogen and oxygen atoms in total. The molecule has 0 radical (unpaired) electrons. The summed E-state index contributed by atoms with van der Waals surface area (Å²) >= 11 is 1.36. The lowest BCUT2D eigenvalue weighted by molar-refractivity contribution is -0.120. The number of hydrogen-bond donors (Lipinski definition) is 1. The van der Waals surface area contributed by atoms with Crippen molar-refractivity contribution in [2.45, 2.75) is 30.8 Å². The molecule has 1 atom stereocenters. The van der Waals surface area contributed by atoms with Gasteiger partial charge in [0.1, 0.15) is 5.82 Å². The van der Waals surface area contributed by atoms with Gasteiger partial charge in [0.05, 0.1) is 6.10 Å². The standard InChI is InChI=1S/C20H24FNO2S/c1-16(17-8-3-2-4-9-17)24-14-7-13-22-20(23)12-15-25-19-11-6-5-10-18(19)21/h2-6,8-11,16H,7,12-15H2,1H3,(H,22,23). The first-order chi connectivity index (χ1) is 12.2. The van der Waals surface area contributed by atoms with Crippen molar-refractivity contribution < 1.29 is 13.9 Å². The molecule has 2 rings (SSSR count). The Balaban J connectivity index is 1.53. The fourth-order valence-electron chi connectivity index (χ4n) is 2.28. The fraction of sp³-hybridized carbons (Fsp3) is 0.350. The lowest BCUT2D eigenvalue weighted by Crippen LogP contribution is -2.25. The molecule has 1 unspecified atom stereocenters. The molecule has 0 saturated heterocycles.